The second-order valence-electron chi connectivity index (χ2n) is 7.12. The van der Waals surface area contributed by atoms with E-state index in [0.717, 1.165) is 18.9 Å². The Morgan fingerprint density at radius 3 is 3.00 bits per heavy atom. The Labute approximate surface area is 132 Å². The van der Waals surface area contributed by atoms with Gasteiger partial charge in [-0.25, -0.2) is 0 Å². The molecule has 2 N–H and O–H groups in total. The number of aromatic nitrogens is 1. The predicted octanol–water partition coefficient (Wildman–Crippen LogP) is 4.02. The van der Waals surface area contributed by atoms with E-state index in [1.165, 1.54) is 48.0 Å². The number of nitrogens with one attached hydrogen (secondary N) is 1. The van der Waals surface area contributed by atoms with Gasteiger partial charge in [0.2, 0.25) is 0 Å². The average Bonchev–Trinajstić information content (AvgIpc) is 2.82. The van der Waals surface area contributed by atoms with Gasteiger partial charge in [-0.3, -0.25) is 4.90 Å². The molecule has 1 aromatic carbocycles. The Morgan fingerprint density at radius 2 is 2.18 bits per heavy atom. The van der Waals surface area contributed by atoms with Crippen LogP contribution in [0.5, 0.6) is 5.75 Å². The monoisotopic (exact) mass is 298 g/mol. The molecule has 22 heavy (non-hydrogen) atoms. The Kier molecular flexibility index (Phi) is 3.41. The van der Waals surface area contributed by atoms with Crippen molar-refractivity contribution in [3.8, 4) is 5.75 Å². The fourth-order valence-corrected chi connectivity index (χ4v) is 4.95. The molecular weight excluding hydrogens is 272 g/mol. The molecule has 3 heteroatoms. The van der Waals surface area contributed by atoms with Crippen molar-refractivity contribution < 1.29 is 5.11 Å². The zero-order valence-corrected chi connectivity index (χ0v) is 13.6. The first-order valence-electron chi connectivity index (χ1n) is 8.76. The van der Waals surface area contributed by atoms with E-state index in [1.54, 1.807) is 6.07 Å². The quantitative estimate of drug-likeness (QED) is 0.834. The summed E-state index contributed by atoms with van der Waals surface area (Å²) in [5, 5.41) is 11.1. The van der Waals surface area contributed by atoms with Crippen LogP contribution in [-0.4, -0.2) is 34.1 Å². The normalized spacial score (nSPS) is 29.1. The molecule has 1 fully saturated rings. The first kappa shape index (κ1) is 14.1. The number of hydrogen-bond donors (Lipinski definition) is 2. The van der Waals surface area contributed by atoms with Crippen molar-refractivity contribution >= 4 is 10.9 Å². The molecule has 118 valence electrons. The number of benzene rings is 1. The number of aromatic amines is 1. The summed E-state index contributed by atoms with van der Waals surface area (Å²) in [6.07, 6.45) is 5.09. The van der Waals surface area contributed by atoms with Gasteiger partial charge < -0.3 is 10.1 Å². The molecular formula is C19H26N2O. The number of rotatable bonds is 1. The highest BCUT2D eigenvalue weighted by Crippen LogP contribution is 2.41. The molecule has 0 spiro atoms. The van der Waals surface area contributed by atoms with Crippen LogP contribution < -0.4 is 0 Å². The van der Waals surface area contributed by atoms with Crippen LogP contribution in [-0.2, 0) is 6.42 Å². The van der Waals surface area contributed by atoms with Crippen molar-refractivity contribution in [3.05, 3.63) is 29.5 Å². The first-order chi connectivity index (χ1) is 10.7. The molecule has 3 heterocycles. The van der Waals surface area contributed by atoms with E-state index in [4.69, 9.17) is 0 Å². The summed E-state index contributed by atoms with van der Waals surface area (Å²) < 4.78 is 0. The number of fused-ring (bicyclic) bond motifs is 4. The largest absolute Gasteiger partial charge is 0.508 e. The van der Waals surface area contributed by atoms with Gasteiger partial charge in [0.15, 0.2) is 0 Å². The van der Waals surface area contributed by atoms with Gasteiger partial charge in [-0.2, -0.15) is 0 Å². The lowest BCUT2D eigenvalue weighted by Gasteiger charge is -2.43. The van der Waals surface area contributed by atoms with E-state index in [2.05, 4.69) is 23.7 Å². The third-order valence-electron chi connectivity index (χ3n) is 5.99. The van der Waals surface area contributed by atoms with Gasteiger partial charge in [-0.05, 0) is 55.5 Å². The lowest BCUT2D eigenvalue weighted by molar-refractivity contribution is 0.0787. The van der Waals surface area contributed by atoms with Gasteiger partial charge in [-0.1, -0.05) is 20.3 Å². The lowest BCUT2D eigenvalue weighted by atomic mass is 9.79. The highest BCUT2D eigenvalue weighted by atomic mass is 16.3. The summed E-state index contributed by atoms with van der Waals surface area (Å²) in [5.74, 6) is 1.72. The highest BCUT2D eigenvalue weighted by Gasteiger charge is 2.38. The number of aromatic hydroxyl groups is 1. The number of phenols is 1. The first-order valence-corrected chi connectivity index (χ1v) is 8.76. The van der Waals surface area contributed by atoms with E-state index in [1.807, 2.05) is 12.1 Å². The maximum atomic E-state index is 9.85. The van der Waals surface area contributed by atoms with Crippen molar-refractivity contribution in [3.63, 3.8) is 0 Å². The minimum Gasteiger partial charge on any atom is -0.508 e. The number of piperidine rings is 1. The summed E-state index contributed by atoms with van der Waals surface area (Å²) in [5.41, 5.74) is 4.02. The molecule has 1 aromatic heterocycles. The van der Waals surface area contributed by atoms with Gasteiger partial charge in [0, 0.05) is 35.1 Å². The van der Waals surface area contributed by atoms with Crippen LogP contribution in [0.4, 0.5) is 0 Å². The molecule has 2 aliphatic rings. The molecule has 0 aliphatic carbocycles. The predicted molar refractivity (Wildman–Crippen MR) is 90.5 cm³/mol. The molecule has 1 saturated heterocycles. The van der Waals surface area contributed by atoms with Crippen molar-refractivity contribution in [2.45, 2.75) is 51.5 Å². The SMILES string of the molecule is CC[C@H]1CCCN2CCc3c([nH]c4ccc(O)cc34)[C@H](C)C12. The minimum atomic E-state index is 0.371. The minimum absolute atomic E-state index is 0.371. The maximum Gasteiger partial charge on any atom is 0.116 e. The fraction of sp³-hybridized carbons (Fsp3) is 0.579. The Morgan fingerprint density at radius 1 is 1.32 bits per heavy atom. The molecule has 1 unspecified atom stereocenters. The maximum absolute atomic E-state index is 9.85. The summed E-state index contributed by atoms with van der Waals surface area (Å²) in [4.78, 5) is 6.40. The van der Waals surface area contributed by atoms with E-state index in [0.29, 0.717) is 17.7 Å². The van der Waals surface area contributed by atoms with Crippen LogP contribution in [0, 0.1) is 5.92 Å². The van der Waals surface area contributed by atoms with Crippen molar-refractivity contribution in [1.29, 1.82) is 0 Å². The average molecular weight is 298 g/mol. The summed E-state index contributed by atoms with van der Waals surface area (Å²) in [6, 6.07) is 6.40. The van der Waals surface area contributed by atoms with E-state index in [-0.39, 0.29) is 0 Å². The van der Waals surface area contributed by atoms with Gasteiger partial charge in [-0.15, -0.1) is 0 Å². The summed E-state index contributed by atoms with van der Waals surface area (Å²) >= 11 is 0. The number of H-pyrrole nitrogens is 1. The molecule has 0 bridgehead atoms. The van der Waals surface area contributed by atoms with Crippen LogP contribution in [0.3, 0.4) is 0 Å². The second kappa shape index (κ2) is 5.31. The zero-order chi connectivity index (χ0) is 15.3. The smallest absolute Gasteiger partial charge is 0.116 e. The van der Waals surface area contributed by atoms with Crippen LogP contribution in [0.1, 0.15) is 50.3 Å². The van der Waals surface area contributed by atoms with Crippen LogP contribution in [0.15, 0.2) is 18.2 Å². The third-order valence-corrected chi connectivity index (χ3v) is 5.99. The van der Waals surface area contributed by atoms with Gasteiger partial charge in [0.05, 0.1) is 0 Å². The Hall–Kier alpha value is -1.48. The Balaban J connectivity index is 1.82. The molecule has 2 aromatic rings. The van der Waals surface area contributed by atoms with Gasteiger partial charge in [0.25, 0.3) is 0 Å². The van der Waals surface area contributed by atoms with Crippen LogP contribution in [0.25, 0.3) is 10.9 Å². The molecule has 4 rings (SSSR count). The third kappa shape index (κ3) is 2.06. The molecule has 0 saturated carbocycles. The summed E-state index contributed by atoms with van der Waals surface area (Å²) in [6.45, 7) is 7.14. The van der Waals surface area contributed by atoms with Crippen molar-refractivity contribution in [2.24, 2.45) is 5.92 Å². The van der Waals surface area contributed by atoms with Crippen LogP contribution in [0.2, 0.25) is 0 Å². The molecule has 0 radical (unpaired) electrons. The number of nitrogens with zero attached hydrogens (tertiary/aromatic N) is 1. The van der Waals surface area contributed by atoms with Crippen molar-refractivity contribution in [2.75, 3.05) is 13.1 Å². The Bertz CT molecular complexity index is 690. The molecule has 2 aliphatic heterocycles. The van der Waals surface area contributed by atoms with Crippen LogP contribution >= 0.6 is 0 Å². The summed E-state index contributed by atoms with van der Waals surface area (Å²) in [7, 11) is 0. The standard InChI is InChI=1S/C19H26N2O/c1-3-13-5-4-9-21-10-8-15-16-11-14(22)6-7-17(16)20-18(15)12(2)19(13)21/h6-7,11-13,19-20,22H,3-5,8-10H2,1-2H3/t12-,13-,19?/m0/s1. The fourth-order valence-electron chi connectivity index (χ4n) is 4.95. The molecule has 0 amide bonds. The van der Waals surface area contributed by atoms with E-state index >= 15 is 0 Å². The topological polar surface area (TPSA) is 39.3 Å². The molecule has 3 nitrogen and oxygen atoms in total. The zero-order valence-electron chi connectivity index (χ0n) is 13.6. The lowest BCUT2D eigenvalue weighted by Crippen LogP contribution is -2.47. The number of hydrogen-bond acceptors (Lipinski definition) is 2. The number of phenolic OH excluding ortho intramolecular Hbond substituents is 1. The van der Waals surface area contributed by atoms with Gasteiger partial charge in [0.1, 0.15) is 5.75 Å². The second-order valence-corrected chi connectivity index (χ2v) is 7.12. The van der Waals surface area contributed by atoms with Gasteiger partial charge >= 0.3 is 0 Å². The van der Waals surface area contributed by atoms with Crippen molar-refractivity contribution in [1.82, 2.24) is 9.88 Å². The molecule has 3 atom stereocenters. The highest BCUT2D eigenvalue weighted by molar-refractivity contribution is 5.86. The van der Waals surface area contributed by atoms with E-state index in [9.17, 15) is 5.11 Å². The van der Waals surface area contributed by atoms with E-state index < -0.39 is 0 Å².